The van der Waals surface area contributed by atoms with E-state index in [1.807, 2.05) is 24.3 Å². The number of aromatic amines is 1. The summed E-state index contributed by atoms with van der Waals surface area (Å²) in [4.78, 5) is 34.4. The maximum Gasteiger partial charge on any atom is 0.319 e. The van der Waals surface area contributed by atoms with Crippen molar-refractivity contribution in [3.05, 3.63) is 82.5 Å². The summed E-state index contributed by atoms with van der Waals surface area (Å²) in [5.41, 5.74) is 1.84. The molecule has 1 aliphatic heterocycles. The molecule has 0 saturated carbocycles. The van der Waals surface area contributed by atoms with E-state index in [4.69, 9.17) is 0 Å². The second kappa shape index (κ2) is 8.90. The van der Waals surface area contributed by atoms with Crippen molar-refractivity contribution in [1.82, 2.24) is 20.2 Å². The average Bonchev–Trinajstić information content (AvgIpc) is 2.83. The third-order valence-corrected chi connectivity index (χ3v) is 6.04. The molecule has 2 amide bonds. The Kier molecular flexibility index (Phi) is 5.64. The Labute approximate surface area is 189 Å². The SMILES string of the molecule is O=C(NCc1cccc(F)c1)N1CCCCC1Nc1ccnc2[nH]c(=O)c3ccccc3c12. The third-order valence-electron chi connectivity index (χ3n) is 6.04. The summed E-state index contributed by atoms with van der Waals surface area (Å²) >= 11 is 0. The summed E-state index contributed by atoms with van der Waals surface area (Å²) < 4.78 is 13.5. The average molecular weight is 445 g/mol. The normalized spacial score (nSPS) is 16.2. The summed E-state index contributed by atoms with van der Waals surface area (Å²) in [5, 5.41) is 8.64. The molecule has 1 fully saturated rings. The highest BCUT2D eigenvalue weighted by molar-refractivity contribution is 6.10. The van der Waals surface area contributed by atoms with E-state index in [9.17, 15) is 14.0 Å². The molecule has 4 aromatic rings. The minimum atomic E-state index is -0.325. The van der Waals surface area contributed by atoms with Gasteiger partial charge in [0.25, 0.3) is 5.56 Å². The predicted molar refractivity (Wildman–Crippen MR) is 126 cm³/mol. The molecule has 1 saturated heterocycles. The third kappa shape index (κ3) is 4.24. The number of anilines is 1. The molecule has 2 aromatic carbocycles. The van der Waals surface area contributed by atoms with Crippen molar-refractivity contribution in [2.45, 2.75) is 32.0 Å². The van der Waals surface area contributed by atoms with Crippen LogP contribution < -0.4 is 16.2 Å². The van der Waals surface area contributed by atoms with E-state index >= 15 is 0 Å². The molecule has 1 aliphatic rings. The second-order valence-corrected chi connectivity index (χ2v) is 8.22. The lowest BCUT2D eigenvalue weighted by molar-refractivity contribution is 0.161. The fraction of sp³-hybridized carbons (Fsp3) is 0.240. The highest BCUT2D eigenvalue weighted by Gasteiger charge is 2.27. The van der Waals surface area contributed by atoms with Gasteiger partial charge in [-0.05, 0) is 49.1 Å². The van der Waals surface area contributed by atoms with Gasteiger partial charge in [-0.3, -0.25) is 4.79 Å². The van der Waals surface area contributed by atoms with Gasteiger partial charge in [-0.25, -0.2) is 14.2 Å². The van der Waals surface area contributed by atoms with Crippen LogP contribution in [0.25, 0.3) is 21.8 Å². The lowest BCUT2D eigenvalue weighted by Gasteiger charge is -2.37. The van der Waals surface area contributed by atoms with Gasteiger partial charge in [0, 0.05) is 41.1 Å². The maximum atomic E-state index is 13.5. The smallest absolute Gasteiger partial charge is 0.319 e. The van der Waals surface area contributed by atoms with E-state index in [1.54, 1.807) is 29.3 Å². The molecular formula is C25H24FN5O2. The number of pyridine rings is 2. The Balaban J connectivity index is 1.42. The van der Waals surface area contributed by atoms with Crippen LogP contribution >= 0.6 is 0 Å². The van der Waals surface area contributed by atoms with Gasteiger partial charge in [-0.1, -0.05) is 30.3 Å². The summed E-state index contributed by atoms with van der Waals surface area (Å²) in [6, 6.07) is 15.3. The van der Waals surface area contributed by atoms with Crippen molar-refractivity contribution in [1.29, 1.82) is 0 Å². The van der Waals surface area contributed by atoms with Gasteiger partial charge in [-0.15, -0.1) is 0 Å². The first-order valence-corrected chi connectivity index (χ1v) is 11.1. The van der Waals surface area contributed by atoms with Crippen molar-refractivity contribution in [3.63, 3.8) is 0 Å². The molecular weight excluding hydrogens is 421 g/mol. The molecule has 0 bridgehead atoms. The van der Waals surface area contributed by atoms with Crippen LogP contribution in [-0.4, -0.2) is 33.6 Å². The predicted octanol–water partition coefficient (Wildman–Crippen LogP) is 4.35. The van der Waals surface area contributed by atoms with Gasteiger partial charge in [0.1, 0.15) is 17.6 Å². The zero-order valence-electron chi connectivity index (χ0n) is 18.0. The highest BCUT2D eigenvalue weighted by atomic mass is 19.1. The molecule has 0 radical (unpaired) electrons. The number of aromatic nitrogens is 2. The van der Waals surface area contributed by atoms with Crippen LogP contribution in [-0.2, 0) is 6.54 Å². The van der Waals surface area contributed by atoms with Crippen LogP contribution in [0.5, 0.6) is 0 Å². The molecule has 2 aromatic heterocycles. The number of carbonyl (C=O) groups is 1. The maximum absolute atomic E-state index is 13.5. The number of nitrogens with zero attached hydrogens (tertiary/aromatic N) is 2. The Hall–Kier alpha value is -3.94. The highest BCUT2D eigenvalue weighted by Crippen LogP contribution is 2.29. The Bertz CT molecular complexity index is 1390. The summed E-state index contributed by atoms with van der Waals surface area (Å²) in [7, 11) is 0. The van der Waals surface area contributed by atoms with E-state index < -0.39 is 0 Å². The van der Waals surface area contributed by atoms with Crippen molar-refractivity contribution < 1.29 is 9.18 Å². The standard InChI is InChI=1S/C25H24FN5O2/c26-17-7-5-6-16(14-17)15-28-25(33)31-13-4-3-10-21(31)29-20-11-12-27-23-22(20)18-8-1-2-9-19(18)24(32)30-23/h1-2,5-9,11-12,14,21H,3-4,10,13,15H2,(H,28,33)(H2,27,29,30,32). The van der Waals surface area contributed by atoms with Crippen LogP contribution in [0.2, 0.25) is 0 Å². The number of hydrogen-bond acceptors (Lipinski definition) is 4. The Morgan fingerprint density at radius 3 is 2.82 bits per heavy atom. The van der Waals surface area contributed by atoms with Crippen molar-refractivity contribution in [3.8, 4) is 0 Å². The molecule has 3 N–H and O–H groups in total. The number of carbonyl (C=O) groups excluding carboxylic acids is 1. The summed E-state index contributed by atoms with van der Waals surface area (Å²) in [5.74, 6) is -0.325. The number of H-pyrrole nitrogens is 1. The first-order valence-electron chi connectivity index (χ1n) is 11.1. The Morgan fingerprint density at radius 1 is 1.12 bits per heavy atom. The number of halogens is 1. The van der Waals surface area contributed by atoms with Crippen LogP contribution in [0.15, 0.2) is 65.6 Å². The van der Waals surface area contributed by atoms with Crippen LogP contribution in [0.1, 0.15) is 24.8 Å². The van der Waals surface area contributed by atoms with Crippen molar-refractivity contribution in [2.24, 2.45) is 0 Å². The van der Waals surface area contributed by atoms with Gasteiger partial charge in [0.15, 0.2) is 0 Å². The molecule has 0 spiro atoms. The quantitative estimate of drug-likeness (QED) is 0.408. The van der Waals surface area contributed by atoms with Gasteiger partial charge in [-0.2, -0.15) is 0 Å². The molecule has 7 nitrogen and oxygen atoms in total. The first kappa shape index (κ1) is 20.9. The molecule has 0 aliphatic carbocycles. The monoisotopic (exact) mass is 445 g/mol. The van der Waals surface area contributed by atoms with Gasteiger partial charge >= 0.3 is 6.03 Å². The van der Waals surface area contributed by atoms with Crippen LogP contribution in [0.4, 0.5) is 14.9 Å². The summed E-state index contributed by atoms with van der Waals surface area (Å²) in [6.45, 7) is 0.872. The minimum Gasteiger partial charge on any atom is -0.364 e. The van der Waals surface area contributed by atoms with Gasteiger partial charge in [0.05, 0.1) is 0 Å². The first-order chi connectivity index (χ1) is 16.1. The molecule has 1 atom stereocenters. The van der Waals surface area contributed by atoms with Crippen molar-refractivity contribution >= 4 is 33.5 Å². The lowest BCUT2D eigenvalue weighted by atomic mass is 10.1. The number of likely N-dealkylation sites (tertiary alicyclic amines) is 1. The molecule has 8 heteroatoms. The fourth-order valence-electron chi connectivity index (χ4n) is 4.45. The Morgan fingerprint density at radius 2 is 1.97 bits per heavy atom. The number of fused-ring (bicyclic) bond motifs is 3. The van der Waals surface area contributed by atoms with Gasteiger partial charge in [0.2, 0.25) is 0 Å². The van der Waals surface area contributed by atoms with E-state index in [0.717, 1.165) is 35.7 Å². The molecule has 3 heterocycles. The molecule has 1 unspecified atom stereocenters. The van der Waals surface area contributed by atoms with E-state index in [-0.39, 0.29) is 30.1 Å². The molecule has 5 rings (SSSR count). The number of amides is 2. The number of nitrogens with one attached hydrogen (secondary N) is 3. The molecule has 33 heavy (non-hydrogen) atoms. The molecule has 168 valence electrons. The lowest BCUT2D eigenvalue weighted by Crippen LogP contribution is -2.51. The zero-order chi connectivity index (χ0) is 22.8. The number of urea groups is 1. The van der Waals surface area contributed by atoms with Crippen LogP contribution in [0.3, 0.4) is 0 Å². The summed E-state index contributed by atoms with van der Waals surface area (Å²) in [6.07, 6.45) is 4.12. The largest absolute Gasteiger partial charge is 0.364 e. The van der Waals surface area contributed by atoms with Gasteiger partial charge < -0.3 is 20.5 Å². The van der Waals surface area contributed by atoms with Crippen molar-refractivity contribution in [2.75, 3.05) is 11.9 Å². The zero-order valence-corrected chi connectivity index (χ0v) is 18.0. The topological polar surface area (TPSA) is 90.1 Å². The van der Waals surface area contributed by atoms with E-state index in [2.05, 4.69) is 20.6 Å². The number of piperidine rings is 1. The fourth-order valence-corrected chi connectivity index (χ4v) is 4.45. The minimum absolute atomic E-state index is 0.182. The number of hydrogen-bond donors (Lipinski definition) is 3. The number of benzene rings is 2. The van der Waals surface area contributed by atoms with Crippen LogP contribution in [0, 0.1) is 5.82 Å². The second-order valence-electron chi connectivity index (χ2n) is 8.22. The van der Waals surface area contributed by atoms with E-state index in [0.29, 0.717) is 23.1 Å². The number of rotatable bonds is 4. The van der Waals surface area contributed by atoms with E-state index in [1.165, 1.54) is 12.1 Å².